The Morgan fingerprint density at radius 2 is 1.97 bits per heavy atom. The van der Waals surface area contributed by atoms with Crippen LogP contribution < -0.4 is 10.5 Å². The van der Waals surface area contributed by atoms with E-state index < -0.39 is 21.7 Å². The van der Waals surface area contributed by atoms with Crippen molar-refractivity contribution in [1.82, 2.24) is 14.9 Å². The lowest BCUT2D eigenvalue weighted by molar-refractivity contribution is 0.0466. The van der Waals surface area contributed by atoms with Crippen molar-refractivity contribution in [3.8, 4) is 11.1 Å². The first-order valence-corrected chi connectivity index (χ1v) is 11.2. The van der Waals surface area contributed by atoms with Gasteiger partial charge in [0.2, 0.25) is 10.0 Å². The highest BCUT2D eigenvalue weighted by Crippen LogP contribution is 2.35. The van der Waals surface area contributed by atoms with E-state index >= 15 is 0 Å². The third-order valence-corrected chi connectivity index (χ3v) is 7.51. The molecule has 2 atom stereocenters. The van der Waals surface area contributed by atoms with Crippen molar-refractivity contribution in [2.45, 2.75) is 56.6 Å². The lowest BCUT2D eigenvalue weighted by atomic mass is 9.94. The Kier molecular flexibility index (Phi) is 4.68. The topological polar surface area (TPSA) is 121 Å². The lowest BCUT2D eigenvalue weighted by Crippen LogP contribution is -2.47. The fourth-order valence-electron chi connectivity index (χ4n) is 4.30. The van der Waals surface area contributed by atoms with Gasteiger partial charge >= 0.3 is 0 Å². The van der Waals surface area contributed by atoms with Gasteiger partial charge in [-0.05, 0) is 80.5 Å². The standard InChI is InChI=1S/C21H26N4O3S/c1-12-11-14(29(27,28)25-18-5-4-10-21(18,3)26)6-7-15(12)16-8-9-17-19(13(16)2)20(22)24-23-17/h6-9,11,18,25-26H,4-5,10H2,1-3H3,(H3,22,23,24)/t18-,21+/m0/s1. The molecule has 1 aliphatic rings. The predicted molar refractivity (Wildman–Crippen MR) is 114 cm³/mol. The minimum Gasteiger partial charge on any atom is -0.389 e. The number of nitrogens with two attached hydrogens (primary N) is 1. The zero-order chi connectivity index (χ0) is 21.0. The Balaban J connectivity index is 1.70. The maximum atomic E-state index is 12.9. The van der Waals surface area contributed by atoms with Crippen molar-refractivity contribution >= 4 is 26.7 Å². The van der Waals surface area contributed by atoms with Crippen LogP contribution in [0.25, 0.3) is 22.0 Å². The number of nitrogens with zero attached hydrogens (tertiary/aromatic N) is 1. The number of H-pyrrole nitrogens is 1. The van der Waals surface area contributed by atoms with E-state index in [1.54, 1.807) is 19.1 Å². The van der Waals surface area contributed by atoms with Gasteiger partial charge in [-0.1, -0.05) is 12.1 Å². The summed E-state index contributed by atoms with van der Waals surface area (Å²) >= 11 is 0. The van der Waals surface area contributed by atoms with Crippen molar-refractivity contribution in [2.24, 2.45) is 0 Å². The van der Waals surface area contributed by atoms with Crippen LogP contribution in [0.5, 0.6) is 0 Å². The number of hydrogen-bond acceptors (Lipinski definition) is 5. The molecule has 154 valence electrons. The molecular weight excluding hydrogens is 388 g/mol. The molecule has 0 bridgehead atoms. The van der Waals surface area contributed by atoms with Gasteiger partial charge in [-0.2, -0.15) is 5.10 Å². The summed E-state index contributed by atoms with van der Waals surface area (Å²) in [7, 11) is -3.72. The van der Waals surface area contributed by atoms with Gasteiger partial charge in [0.1, 0.15) is 0 Å². The molecule has 1 heterocycles. The quantitative estimate of drug-likeness (QED) is 0.523. The largest absolute Gasteiger partial charge is 0.389 e. The predicted octanol–water partition coefficient (Wildman–Crippen LogP) is 3.01. The smallest absolute Gasteiger partial charge is 0.240 e. The van der Waals surface area contributed by atoms with E-state index in [2.05, 4.69) is 14.9 Å². The molecule has 1 saturated carbocycles. The van der Waals surface area contributed by atoms with Crippen LogP contribution in [0.15, 0.2) is 35.2 Å². The number of aromatic amines is 1. The molecule has 5 N–H and O–H groups in total. The normalized spacial score (nSPS) is 22.4. The third kappa shape index (κ3) is 3.41. The van der Waals surface area contributed by atoms with E-state index in [0.717, 1.165) is 39.6 Å². The van der Waals surface area contributed by atoms with E-state index in [4.69, 9.17) is 5.73 Å². The molecule has 0 spiro atoms. The molecule has 1 aromatic heterocycles. The van der Waals surface area contributed by atoms with Gasteiger partial charge in [-0.25, -0.2) is 13.1 Å². The number of aromatic nitrogens is 2. The molecule has 7 nitrogen and oxygen atoms in total. The molecule has 29 heavy (non-hydrogen) atoms. The third-order valence-electron chi connectivity index (χ3n) is 6.04. The molecule has 3 aromatic rings. The first-order chi connectivity index (χ1) is 13.6. The number of fused-ring (bicyclic) bond motifs is 1. The van der Waals surface area contributed by atoms with Crippen molar-refractivity contribution in [2.75, 3.05) is 5.73 Å². The number of rotatable bonds is 4. The van der Waals surface area contributed by atoms with Crippen molar-refractivity contribution in [3.05, 3.63) is 41.5 Å². The van der Waals surface area contributed by atoms with Gasteiger partial charge in [0, 0.05) is 5.39 Å². The zero-order valence-corrected chi connectivity index (χ0v) is 17.6. The minimum absolute atomic E-state index is 0.197. The van der Waals surface area contributed by atoms with Gasteiger partial charge in [-0.15, -0.1) is 0 Å². The van der Waals surface area contributed by atoms with Gasteiger partial charge in [0.05, 0.1) is 22.1 Å². The molecular formula is C21H26N4O3S. The van der Waals surface area contributed by atoms with Crippen LogP contribution in [0.4, 0.5) is 5.82 Å². The van der Waals surface area contributed by atoms with Gasteiger partial charge in [0.15, 0.2) is 5.82 Å². The summed E-state index contributed by atoms with van der Waals surface area (Å²) < 4.78 is 28.4. The molecule has 0 aliphatic heterocycles. The highest BCUT2D eigenvalue weighted by molar-refractivity contribution is 7.89. The maximum absolute atomic E-state index is 12.9. The second kappa shape index (κ2) is 6.83. The highest BCUT2D eigenvalue weighted by atomic mass is 32.2. The first-order valence-electron chi connectivity index (χ1n) is 9.69. The number of benzene rings is 2. The number of anilines is 1. The number of hydrogen-bond donors (Lipinski definition) is 4. The lowest BCUT2D eigenvalue weighted by Gasteiger charge is -2.26. The van der Waals surface area contributed by atoms with E-state index in [1.165, 1.54) is 0 Å². The SMILES string of the molecule is Cc1cc(S(=O)(=O)N[C@H]2CCC[C@@]2(C)O)ccc1-c1ccc2[nH]nc(N)c2c1C. The van der Waals surface area contributed by atoms with Gasteiger partial charge in [0.25, 0.3) is 0 Å². The summed E-state index contributed by atoms with van der Waals surface area (Å²) in [6.07, 6.45) is 2.03. The monoisotopic (exact) mass is 414 g/mol. The van der Waals surface area contributed by atoms with Crippen LogP contribution in [0.1, 0.15) is 37.3 Å². The second-order valence-corrected chi connectivity index (χ2v) is 9.88. The second-order valence-electron chi connectivity index (χ2n) is 8.17. The van der Waals surface area contributed by atoms with Crippen LogP contribution in [-0.2, 0) is 10.0 Å². The molecule has 0 radical (unpaired) electrons. The average molecular weight is 415 g/mol. The molecule has 1 aliphatic carbocycles. The number of aryl methyl sites for hydroxylation is 2. The van der Waals surface area contributed by atoms with Gasteiger partial charge < -0.3 is 10.8 Å². The summed E-state index contributed by atoms with van der Waals surface area (Å²) in [6.45, 7) is 5.56. The Morgan fingerprint density at radius 1 is 1.24 bits per heavy atom. The molecule has 8 heteroatoms. The molecule has 0 amide bonds. The van der Waals surface area contributed by atoms with Crippen molar-refractivity contribution in [3.63, 3.8) is 0 Å². The van der Waals surface area contributed by atoms with Crippen LogP contribution in [0.2, 0.25) is 0 Å². The first kappa shape index (κ1) is 19.9. The zero-order valence-electron chi connectivity index (χ0n) is 16.8. The fraction of sp³-hybridized carbons (Fsp3) is 0.381. The van der Waals surface area contributed by atoms with E-state index in [9.17, 15) is 13.5 Å². The summed E-state index contributed by atoms with van der Waals surface area (Å²) in [5.41, 5.74) is 9.61. The van der Waals surface area contributed by atoms with E-state index in [0.29, 0.717) is 18.7 Å². The summed E-state index contributed by atoms with van der Waals surface area (Å²) in [5, 5.41) is 18.2. The number of nitrogen functional groups attached to an aromatic ring is 1. The maximum Gasteiger partial charge on any atom is 0.240 e. The Hall–Kier alpha value is -2.42. The molecule has 0 unspecified atom stereocenters. The number of sulfonamides is 1. The molecule has 2 aromatic carbocycles. The molecule has 4 rings (SSSR count). The highest BCUT2D eigenvalue weighted by Gasteiger charge is 2.39. The summed E-state index contributed by atoms with van der Waals surface area (Å²) in [5.74, 6) is 0.448. The van der Waals surface area contributed by atoms with E-state index in [-0.39, 0.29) is 4.90 Å². The summed E-state index contributed by atoms with van der Waals surface area (Å²) in [4.78, 5) is 0.197. The van der Waals surface area contributed by atoms with Crippen molar-refractivity contribution < 1.29 is 13.5 Å². The van der Waals surface area contributed by atoms with Crippen molar-refractivity contribution in [1.29, 1.82) is 0 Å². The van der Waals surface area contributed by atoms with Crippen LogP contribution >= 0.6 is 0 Å². The number of aliphatic hydroxyl groups is 1. The molecule has 1 fully saturated rings. The Labute approximate surface area is 170 Å². The summed E-state index contributed by atoms with van der Waals surface area (Å²) in [6, 6.07) is 8.54. The van der Waals surface area contributed by atoms with E-state index in [1.807, 2.05) is 32.0 Å². The minimum atomic E-state index is -3.72. The Bertz CT molecular complexity index is 1200. The fourth-order valence-corrected chi connectivity index (χ4v) is 5.76. The van der Waals surface area contributed by atoms with Gasteiger partial charge in [-0.3, -0.25) is 5.10 Å². The molecule has 0 saturated heterocycles. The Morgan fingerprint density at radius 3 is 2.62 bits per heavy atom. The van der Waals surface area contributed by atoms with Crippen LogP contribution in [-0.4, -0.2) is 35.4 Å². The van der Waals surface area contributed by atoms with Crippen LogP contribution in [0.3, 0.4) is 0 Å². The average Bonchev–Trinajstić information content (AvgIpc) is 3.18. The number of nitrogens with one attached hydrogen (secondary N) is 2. The van der Waals surface area contributed by atoms with Crippen LogP contribution in [0, 0.1) is 13.8 Å².